The molecule has 0 bridgehead atoms. The van der Waals surface area contributed by atoms with Crippen LogP contribution < -0.4 is 10.2 Å². The first-order valence-corrected chi connectivity index (χ1v) is 11.4. The van der Waals surface area contributed by atoms with Crippen LogP contribution in [0.15, 0.2) is 36.4 Å². The molecule has 31 heavy (non-hydrogen) atoms. The molecule has 1 aliphatic carbocycles. The Morgan fingerprint density at radius 3 is 2.45 bits per heavy atom. The van der Waals surface area contributed by atoms with Crippen LogP contribution in [-0.2, 0) is 17.8 Å². The van der Waals surface area contributed by atoms with Crippen molar-refractivity contribution in [3.05, 3.63) is 63.1 Å². The third-order valence-electron chi connectivity index (χ3n) is 5.93. The molecule has 0 saturated heterocycles. The zero-order valence-corrected chi connectivity index (χ0v) is 19.0. The van der Waals surface area contributed by atoms with Crippen LogP contribution in [0.5, 0.6) is 0 Å². The van der Waals surface area contributed by atoms with Gasteiger partial charge in [0.1, 0.15) is 0 Å². The van der Waals surface area contributed by atoms with Gasteiger partial charge in [-0.2, -0.15) is 0 Å². The highest BCUT2D eigenvalue weighted by molar-refractivity contribution is 6.31. The number of amides is 1. The van der Waals surface area contributed by atoms with Crippen LogP contribution >= 0.6 is 23.2 Å². The molecule has 1 amide bonds. The zero-order valence-electron chi connectivity index (χ0n) is 17.4. The van der Waals surface area contributed by atoms with E-state index in [4.69, 9.17) is 33.1 Å². The number of benzene rings is 2. The number of halogens is 2. The predicted octanol–water partition coefficient (Wildman–Crippen LogP) is 5.57. The van der Waals surface area contributed by atoms with Gasteiger partial charge in [0.05, 0.1) is 11.3 Å². The normalized spacial score (nSPS) is 15.6. The van der Waals surface area contributed by atoms with Gasteiger partial charge in [0.2, 0.25) is 0 Å². The molecule has 2 aromatic carbocycles. The number of hydrogen-bond acceptors (Lipinski definition) is 3. The largest absolute Gasteiger partial charge is 0.483 e. The number of nitrogens with zero attached hydrogens (tertiary/aromatic N) is 1. The van der Waals surface area contributed by atoms with Crippen LogP contribution in [0.3, 0.4) is 0 Å². The average molecular weight is 463 g/mol. The minimum absolute atomic E-state index is 0.00710. The standard InChI is InChI=1S/C23H26Cl2N2O.CH2O2/c24-19-8-6-17(7-9-19)15-27-11-10-18-12-20(25)13-21(22(18)27)23(28)26-14-16-4-2-1-3-5-16;2-1-3/h6-9,12-13,16H,1-5,10-11,14-15H2,(H,26,28);1H,(H,2,3). The minimum Gasteiger partial charge on any atom is -0.483 e. The number of nitrogens with one attached hydrogen (secondary N) is 1. The van der Waals surface area contributed by atoms with Gasteiger partial charge in [-0.3, -0.25) is 9.59 Å². The molecular formula is C24H28Cl2N2O3. The second-order valence-electron chi connectivity index (χ2n) is 8.08. The summed E-state index contributed by atoms with van der Waals surface area (Å²) in [6.07, 6.45) is 7.23. The van der Waals surface area contributed by atoms with E-state index < -0.39 is 0 Å². The summed E-state index contributed by atoms with van der Waals surface area (Å²) in [5.41, 5.74) is 4.07. The van der Waals surface area contributed by atoms with Gasteiger partial charge in [0.25, 0.3) is 12.4 Å². The van der Waals surface area contributed by atoms with Crippen LogP contribution in [0.4, 0.5) is 5.69 Å². The maximum atomic E-state index is 13.0. The Hall–Kier alpha value is -2.24. The highest BCUT2D eigenvalue weighted by Gasteiger charge is 2.27. The molecule has 0 spiro atoms. The molecule has 5 nitrogen and oxygen atoms in total. The lowest BCUT2D eigenvalue weighted by atomic mass is 9.89. The lowest BCUT2D eigenvalue weighted by molar-refractivity contribution is -0.122. The summed E-state index contributed by atoms with van der Waals surface area (Å²) in [6, 6.07) is 11.7. The van der Waals surface area contributed by atoms with Crippen molar-refractivity contribution >= 4 is 41.3 Å². The quantitative estimate of drug-likeness (QED) is 0.569. The number of carbonyl (C=O) groups is 2. The highest BCUT2D eigenvalue weighted by Crippen LogP contribution is 2.36. The fourth-order valence-corrected chi connectivity index (χ4v) is 4.82. The van der Waals surface area contributed by atoms with Crippen LogP contribution in [0.2, 0.25) is 10.0 Å². The molecule has 2 N–H and O–H groups in total. The van der Waals surface area contributed by atoms with Crippen molar-refractivity contribution in [2.24, 2.45) is 5.92 Å². The number of carbonyl (C=O) groups excluding carboxylic acids is 1. The van der Waals surface area contributed by atoms with Gasteiger partial charge in [0, 0.05) is 29.7 Å². The number of hydrogen-bond donors (Lipinski definition) is 2. The molecule has 1 saturated carbocycles. The van der Waals surface area contributed by atoms with Crippen LogP contribution in [0.25, 0.3) is 0 Å². The van der Waals surface area contributed by atoms with Crippen molar-refractivity contribution in [3.63, 3.8) is 0 Å². The number of anilines is 1. The molecule has 1 fully saturated rings. The Labute approximate surface area is 193 Å². The summed E-state index contributed by atoms with van der Waals surface area (Å²) in [4.78, 5) is 23.7. The van der Waals surface area contributed by atoms with Crippen molar-refractivity contribution in [2.75, 3.05) is 18.0 Å². The SMILES string of the molecule is O=C(NCC1CCCCC1)c1cc(Cl)cc2c1N(Cc1ccc(Cl)cc1)CC2.O=CO. The Morgan fingerprint density at radius 2 is 1.77 bits per heavy atom. The average Bonchev–Trinajstić information content (AvgIpc) is 3.16. The molecule has 2 aromatic rings. The van der Waals surface area contributed by atoms with E-state index >= 15 is 0 Å². The third-order valence-corrected chi connectivity index (χ3v) is 6.40. The molecule has 0 aromatic heterocycles. The van der Waals surface area contributed by atoms with Crippen molar-refractivity contribution in [3.8, 4) is 0 Å². The summed E-state index contributed by atoms with van der Waals surface area (Å²) in [5.74, 6) is 0.599. The van der Waals surface area contributed by atoms with Gasteiger partial charge in [0.15, 0.2) is 0 Å². The summed E-state index contributed by atoms with van der Waals surface area (Å²) in [7, 11) is 0. The summed E-state index contributed by atoms with van der Waals surface area (Å²) in [6.45, 7) is 2.16. The van der Waals surface area contributed by atoms with Gasteiger partial charge in [-0.15, -0.1) is 0 Å². The van der Waals surface area contributed by atoms with Crippen molar-refractivity contribution in [2.45, 2.75) is 45.1 Å². The second kappa shape index (κ2) is 11.4. The molecule has 166 valence electrons. The van der Waals surface area contributed by atoms with Gasteiger partial charge in [-0.1, -0.05) is 54.6 Å². The van der Waals surface area contributed by atoms with E-state index in [0.717, 1.165) is 42.3 Å². The molecule has 0 atom stereocenters. The molecule has 4 rings (SSSR count). The van der Waals surface area contributed by atoms with Gasteiger partial charge < -0.3 is 15.3 Å². The fraction of sp³-hybridized carbons (Fsp3) is 0.417. The van der Waals surface area contributed by atoms with E-state index in [0.29, 0.717) is 16.5 Å². The molecule has 1 heterocycles. The maximum Gasteiger partial charge on any atom is 0.290 e. The monoisotopic (exact) mass is 462 g/mol. The first kappa shape index (κ1) is 23.4. The second-order valence-corrected chi connectivity index (χ2v) is 8.95. The lowest BCUT2D eigenvalue weighted by Crippen LogP contribution is -2.31. The van der Waals surface area contributed by atoms with Crippen molar-refractivity contribution < 1.29 is 14.7 Å². The van der Waals surface area contributed by atoms with Gasteiger partial charge in [-0.05, 0) is 60.6 Å². The van der Waals surface area contributed by atoms with Gasteiger partial charge >= 0.3 is 0 Å². The van der Waals surface area contributed by atoms with E-state index in [2.05, 4.69) is 10.2 Å². The Morgan fingerprint density at radius 1 is 1.10 bits per heavy atom. The van der Waals surface area contributed by atoms with Crippen LogP contribution in [-0.4, -0.2) is 30.6 Å². The summed E-state index contributed by atoms with van der Waals surface area (Å²) >= 11 is 12.3. The van der Waals surface area contributed by atoms with Crippen molar-refractivity contribution in [1.82, 2.24) is 5.32 Å². The van der Waals surface area contributed by atoms with E-state index in [1.165, 1.54) is 37.7 Å². The Kier molecular flexibility index (Phi) is 8.61. The first-order chi connectivity index (χ1) is 15.0. The third kappa shape index (κ3) is 6.37. The smallest absolute Gasteiger partial charge is 0.290 e. The molecule has 7 heteroatoms. The molecule has 2 aliphatic rings. The maximum absolute atomic E-state index is 13.0. The topological polar surface area (TPSA) is 69.6 Å². The van der Waals surface area contributed by atoms with Gasteiger partial charge in [-0.25, -0.2) is 0 Å². The fourth-order valence-electron chi connectivity index (χ4n) is 4.45. The predicted molar refractivity (Wildman–Crippen MR) is 125 cm³/mol. The van der Waals surface area contributed by atoms with E-state index in [9.17, 15) is 4.79 Å². The van der Waals surface area contributed by atoms with Crippen LogP contribution in [0.1, 0.15) is 53.6 Å². The molecular weight excluding hydrogens is 435 g/mol. The highest BCUT2D eigenvalue weighted by atomic mass is 35.5. The summed E-state index contributed by atoms with van der Waals surface area (Å²) < 4.78 is 0. The summed E-state index contributed by atoms with van der Waals surface area (Å²) in [5, 5.41) is 11.4. The Bertz CT molecular complexity index is 896. The molecule has 1 aliphatic heterocycles. The Balaban J connectivity index is 0.000000858. The molecule has 0 radical (unpaired) electrons. The first-order valence-electron chi connectivity index (χ1n) is 10.7. The van der Waals surface area contributed by atoms with E-state index in [1.807, 2.05) is 36.4 Å². The number of fused-ring (bicyclic) bond motifs is 1. The lowest BCUT2D eigenvalue weighted by Gasteiger charge is -2.24. The zero-order chi connectivity index (χ0) is 22.2. The number of carboxylic acid groups (broad SMARTS) is 1. The van der Waals surface area contributed by atoms with Crippen LogP contribution in [0, 0.1) is 5.92 Å². The van der Waals surface area contributed by atoms with E-state index in [-0.39, 0.29) is 12.4 Å². The number of rotatable bonds is 5. The van der Waals surface area contributed by atoms with Crippen molar-refractivity contribution in [1.29, 1.82) is 0 Å². The van der Waals surface area contributed by atoms with E-state index in [1.54, 1.807) is 0 Å². The molecule has 0 unspecified atom stereocenters. The minimum atomic E-state index is -0.250.